The highest BCUT2D eigenvalue weighted by atomic mass is 79.9. The van der Waals surface area contributed by atoms with Crippen molar-refractivity contribution in [2.45, 2.75) is 39.3 Å². The predicted molar refractivity (Wildman–Crippen MR) is 86.2 cm³/mol. The molecule has 20 heavy (non-hydrogen) atoms. The van der Waals surface area contributed by atoms with Crippen LogP contribution in [-0.2, 0) is 11.5 Å². The van der Waals surface area contributed by atoms with Crippen LogP contribution in [0, 0.1) is 12.7 Å². The second-order valence-corrected chi connectivity index (χ2v) is 12.7. The van der Waals surface area contributed by atoms with E-state index in [9.17, 15) is 4.39 Å². The maximum Gasteiger partial charge on any atom is 0.145 e. The second-order valence-electron chi connectivity index (χ2n) is 6.25. The standard InChI is InChI=1S/C14H20BrFN2OSi/c1-10-7-17-14-12(13(10)16)11(15)8-18(14)9-19-5-6-20(2,3)4/h7-8H,5-6,9H2,1-4H3. The predicted octanol–water partition coefficient (Wildman–Crippen LogP) is 4.56. The van der Waals surface area contributed by atoms with Crippen molar-refractivity contribution in [2.24, 2.45) is 0 Å². The fraction of sp³-hybridized carbons (Fsp3) is 0.500. The number of nitrogens with zero attached hydrogens (tertiary/aromatic N) is 2. The second kappa shape index (κ2) is 5.95. The van der Waals surface area contributed by atoms with Gasteiger partial charge >= 0.3 is 0 Å². The third-order valence-corrected chi connectivity index (χ3v) is 5.48. The van der Waals surface area contributed by atoms with Gasteiger partial charge in [-0.25, -0.2) is 9.37 Å². The van der Waals surface area contributed by atoms with Gasteiger partial charge < -0.3 is 9.30 Å². The largest absolute Gasteiger partial charge is 0.361 e. The van der Waals surface area contributed by atoms with Gasteiger partial charge in [-0.3, -0.25) is 0 Å². The summed E-state index contributed by atoms with van der Waals surface area (Å²) in [6.45, 7) is 9.81. The average molecular weight is 359 g/mol. The SMILES string of the molecule is Cc1cnc2c(c(Br)cn2COCC[Si](C)(C)C)c1F. The van der Waals surface area contributed by atoms with Crippen molar-refractivity contribution < 1.29 is 9.13 Å². The molecule has 2 rings (SSSR count). The number of fused-ring (bicyclic) bond motifs is 1. The Hall–Kier alpha value is -0.723. The Morgan fingerprint density at radius 2 is 2.10 bits per heavy atom. The van der Waals surface area contributed by atoms with Crippen LogP contribution >= 0.6 is 15.9 Å². The molecule has 110 valence electrons. The van der Waals surface area contributed by atoms with Crippen LogP contribution in [-0.4, -0.2) is 24.2 Å². The van der Waals surface area contributed by atoms with Gasteiger partial charge in [-0.2, -0.15) is 0 Å². The van der Waals surface area contributed by atoms with E-state index in [1.54, 1.807) is 13.1 Å². The third kappa shape index (κ3) is 3.48. The van der Waals surface area contributed by atoms with Crippen LogP contribution in [0.15, 0.2) is 16.9 Å². The summed E-state index contributed by atoms with van der Waals surface area (Å²) in [5.41, 5.74) is 1.17. The summed E-state index contributed by atoms with van der Waals surface area (Å²) in [6.07, 6.45) is 3.39. The van der Waals surface area contributed by atoms with Crippen molar-refractivity contribution in [1.29, 1.82) is 0 Å². The van der Waals surface area contributed by atoms with Gasteiger partial charge in [0.25, 0.3) is 0 Å². The normalized spacial score (nSPS) is 12.3. The molecule has 3 nitrogen and oxygen atoms in total. The highest BCUT2D eigenvalue weighted by Gasteiger charge is 2.15. The van der Waals surface area contributed by atoms with Crippen molar-refractivity contribution in [3.8, 4) is 0 Å². The molecular formula is C14H20BrFN2OSi. The first-order chi connectivity index (χ1) is 9.29. The number of hydrogen-bond acceptors (Lipinski definition) is 2. The van der Waals surface area contributed by atoms with Crippen molar-refractivity contribution >= 4 is 35.0 Å². The van der Waals surface area contributed by atoms with Crippen LogP contribution < -0.4 is 0 Å². The Morgan fingerprint density at radius 3 is 2.75 bits per heavy atom. The minimum Gasteiger partial charge on any atom is -0.361 e. The van der Waals surface area contributed by atoms with E-state index in [0.29, 0.717) is 23.3 Å². The molecule has 0 saturated carbocycles. The van der Waals surface area contributed by atoms with Crippen LogP contribution in [0.25, 0.3) is 11.0 Å². The first-order valence-electron chi connectivity index (χ1n) is 6.67. The number of hydrogen-bond donors (Lipinski definition) is 0. The van der Waals surface area contributed by atoms with Gasteiger partial charge in [0.05, 0.1) is 5.39 Å². The van der Waals surface area contributed by atoms with E-state index < -0.39 is 8.07 Å². The summed E-state index contributed by atoms with van der Waals surface area (Å²) < 4.78 is 22.4. The smallest absolute Gasteiger partial charge is 0.145 e. The van der Waals surface area contributed by atoms with Gasteiger partial charge in [-0.05, 0) is 28.9 Å². The van der Waals surface area contributed by atoms with Crippen LogP contribution in [0.3, 0.4) is 0 Å². The zero-order valence-electron chi connectivity index (χ0n) is 12.3. The molecule has 2 heterocycles. The Bertz CT molecular complexity index is 622. The molecule has 0 N–H and O–H groups in total. The van der Waals surface area contributed by atoms with Gasteiger partial charge in [0.2, 0.25) is 0 Å². The van der Waals surface area contributed by atoms with E-state index in [4.69, 9.17) is 4.74 Å². The molecule has 0 radical (unpaired) electrons. The lowest BCUT2D eigenvalue weighted by Crippen LogP contribution is -2.22. The topological polar surface area (TPSA) is 27.1 Å². The highest BCUT2D eigenvalue weighted by Crippen LogP contribution is 2.28. The van der Waals surface area contributed by atoms with Gasteiger partial charge in [0.1, 0.15) is 18.2 Å². The van der Waals surface area contributed by atoms with E-state index >= 15 is 0 Å². The van der Waals surface area contributed by atoms with E-state index in [0.717, 1.165) is 17.1 Å². The first kappa shape index (κ1) is 15.7. The molecule has 0 unspecified atom stereocenters. The molecule has 0 atom stereocenters. The van der Waals surface area contributed by atoms with E-state index in [1.165, 1.54) is 0 Å². The quantitative estimate of drug-likeness (QED) is 0.578. The van der Waals surface area contributed by atoms with E-state index in [-0.39, 0.29) is 5.82 Å². The van der Waals surface area contributed by atoms with Gasteiger partial charge in [-0.15, -0.1) is 0 Å². The van der Waals surface area contributed by atoms with Crippen molar-refractivity contribution in [2.75, 3.05) is 6.61 Å². The molecule has 0 aromatic carbocycles. The lowest BCUT2D eigenvalue weighted by Gasteiger charge is -2.15. The highest BCUT2D eigenvalue weighted by molar-refractivity contribution is 9.10. The van der Waals surface area contributed by atoms with Crippen LogP contribution in [0.5, 0.6) is 0 Å². The van der Waals surface area contributed by atoms with Crippen molar-refractivity contribution in [1.82, 2.24) is 9.55 Å². The minimum absolute atomic E-state index is 0.220. The molecule has 0 amide bonds. The number of aryl methyl sites for hydroxylation is 1. The van der Waals surface area contributed by atoms with Crippen molar-refractivity contribution in [3.05, 3.63) is 28.2 Å². The Kier molecular flexibility index (Phi) is 4.66. The first-order valence-corrected chi connectivity index (χ1v) is 11.2. The maximum absolute atomic E-state index is 14.1. The molecule has 0 aliphatic heterocycles. The molecule has 2 aromatic heterocycles. The van der Waals surface area contributed by atoms with E-state index in [2.05, 4.69) is 40.6 Å². The summed E-state index contributed by atoms with van der Waals surface area (Å²) in [4.78, 5) is 4.31. The lowest BCUT2D eigenvalue weighted by atomic mass is 10.2. The lowest BCUT2D eigenvalue weighted by molar-refractivity contribution is 0.0898. The number of pyridine rings is 1. The zero-order valence-corrected chi connectivity index (χ0v) is 14.9. The Balaban J connectivity index is 2.14. The number of halogens is 2. The van der Waals surface area contributed by atoms with Gasteiger partial charge in [-0.1, -0.05) is 19.6 Å². The minimum atomic E-state index is -1.08. The van der Waals surface area contributed by atoms with Gasteiger partial charge in [0.15, 0.2) is 0 Å². The number of rotatable bonds is 5. The van der Waals surface area contributed by atoms with Crippen LogP contribution in [0.1, 0.15) is 5.56 Å². The van der Waals surface area contributed by atoms with Crippen LogP contribution in [0.4, 0.5) is 4.39 Å². The zero-order chi connectivity index (χ0) is 14.9. The maximum atomic E-state index is 14.1. The average Bonchev–Trinajstić information content (AvgIpc) is 2.66. The Morgan fingerprint density at radius 1 is 1.40 bits per heavy atom. The van der Waals surface area contributed by atoms with E-state index in [1.807, 2.05) is 10.8 Å². The molecular weight excluding hydrogens is 339 g/mol. The van der Waals surface area contributed by atoms with Crippen molar-refractivity contribution in [3.63, 3.8) is 0 Å². The summed E-state index contributed by atoms with van der Waals surface area (Å²) in [5.74, 6) is -0.220. The summed E-state index contributed by atoms with van der Waals surface area (Å²) in [5, 5.41) is 0.527. The number of aromatic nitrogens is 2. The third-order valence-electron chi connectivity index (χ3n) is 3.18. The fourth-order valence-electron chi connectivity index (χ4n) is 1.91. The molecule has 0 aliphatic carbocycles. The molecule has 0 aliphatic rings. The monoisotopic (exact) mass is 358 g/mol. The summed E-state index contributed by atoms with van der Waals surface area (Å²) >= 11 is 3.39. The molecule has 6 heteroatoms. The summed E-state index contributed by atoms with van der Waals surface area (Å²) in [7, 11) is -1.08. The Labute approximate surface area is 128 Å². The summed E-state index contributed by atoms with van der Waals surface area (Å²) in [6, 6.07) is 1.12. The molecule has 0 bridgehead atoms. The molecule has 0 spiro atoms. The van der Waals surface area contributed by atoms with Crippen LogP contribution in [0.2, 0.25) is 25.7 Å². The van der Waals surface area contributed by atoms with Gasteiger partial charge in [0, 0.05) is 37.1 Å². The number of ether oxygens (including phenoxy) is 1. The molecule has 0 fully saturated rings. The molecule has 0 saturated heterocycles. The molecule has 2 aromatic rings. The fourth-order valence-corrected chi connectivity index (χ4v) is 3.26.